The predicted octanol–water partition coefficient (Wildman–Crippen LogP) is 4.71. The van der Waals surface area contributed by atoms with Crippen molar-refractivity contribution in [3.05, 3.63) is 61.0 Å². The van der Waals surface area contributed by atoms with Crippen LogP contribution in [0.15, 0.2) is 49.2 Å². The molecule has 10 heteroatoms. The average Bonchev–Trinajstić information content (AvgIpc) is 2.79. The van der Waals surface area contributed by atoms with Gasteiger partial charge in [0, 0.05) is 20.9 Å². The third-order valence-corrected chi connectivity index (χ3v) is 5.89. The second kappa shape index (κ2) is 10.9. The number of carbonyl (C=O) groups is 1. The largest absolute Gasteiger partial charge is 0.493 e. The lowest BCUT2D eigenvalue weighted by atomic mass is 10.2. The normalized spacial score (nSPS) is 12.2. The zero-order valence-corrected chi connectivity index (χ0v) is 21.8. The molecule has 1 aromatic heterocycles. The molecule has 0 unspecified atom stereocenters. The predicted molar refractivity (Wildman–Crippen MR) is 133 cm³/mol. The van der Waals surface area contributed by atoms with Crippen molar-refractivity contribution in [2.45, 2.75) is 33.3 Å². The van der Waals surface area contributed by atoms with Crippen molar-refractivity contribution in [2.24, 2.45) is 5.10 Å². The Hall–Kier alpha value is -2.72. The van der Waals surface area contributed by atoms with Crippen LogP contribution < -0.4 is 15.0 Å². The van der Waals surface area contributed by atoms with Gasteiger partial charge < -0.3 is 14.2 Å². The molecule has 0 radical (unpaired) electrons. The molecule has 174 valence electrons. The minimum absolute atomic E-state index is 0.263. The molecular formula is C23H23Br2N3O5. The summed E-state index contributed by atoms with van der Waals surface area (Å²) in [7, 11) is 1.50. The van der Waals surface area contributed by atoms with Crippen LogP contribution in [-0.2, 0) is 16.0 Å². The third-order valence-electron chi connectivity index (χ3n) is 4.71. The van der Waals surface area contributed by atoms with Gasteiger partial charge in [-0.3, -0.25) is 4.79 Å². The number of ether oxygens (including phenoxy) is 3. The number of aromatic nitrogens is 2. The first-order valence-corrected chi connectivity index (χ1v) is 11.8. The van der Waals surface area contributed by atoms with E-state index < -0.39 is 12.1 Å². The van der Waals surface area contributed by atoms with E-state index in [0.29, 0.717) is 44.7 Å². The number of hydrogen-bond acceptors (Lipinski definition) is 7. The van der Waals surface area contributed by atoms with Crippen molar-refractivity contribution >= 4 is 54.9 Å². The first-order chi connectivity index (χ1) is 15.8. The van der Waals surface area contributed by atoms with Crippen molar-refractivity contribution in [3.8, 4) is 11.5 Å². The van der Waals surface area contributed by atoms with E-state index in [9.17, 15) is 9.59 Å². The lowest BCUT2D eigenvalue weighted by Crippen LogP contribution is -2.26. The number of rotatable bonds is 8. The molecule has 3 aromatic rings. The van der Waals surface area contributed by atoms with Gasteiger partial charge in [-0.2, -0.15) is 9.78 Å². The molecule has 0 N–H and O–H groups in total. The van der Waals surface area contributed by atoms with Gasteiger partial charge in [0.05, 0.1) is 30.8 Å². The van der Waals surface area contributed by atoms with E-state index in [1.807, 2.05) is 13.0 Å². The summed E-state index contributed by atoms with van der Waals surface area (Å²) in [5.74, 6) is 0.839. The Kier molecular flexibility index (Phi) is 8.25. The first-order valence-electron chi connectivity index (χ1n) is 10.2. The second-order valence-electron chi connectivity index (χ2n) is 6.94. The lowest BCUT2D eigenvalue weighted by Gasteiger charge is -2.17. The fourth-order valence-corrected chi connectivity index (χ4v) is 3.85. The van der Waals surface area contributed by atoms with Crippen LogP contribution in [0.2, 0.25) is 0 Å². The van der Waals surface area contributed by atoms with E-state index in [1.54, 1.807) is 38.1 Å². The van der Waals surface area contributed by atoms with E-state index in [1.165, 1.54) is 18.0 Å². The third kappa shape index (κ3) is 5.62. The Balaban J connectivity index is 1.99. The summed E-state index contributed by atoms with van der Waals surface area (Å²) in [4.78, 5) is 29.5. The van der Waals surface area contributed by atoms with E-state index >= 15 is 0 Å². The lowest BCUT2D eigenvalue weighted by molar-refractivity contribution is -0.150. The molecule has 1 heterocycles. The molecule has 2 aromatic carbocycles. The smallest absolute Gasteiger partial charge is 0.347 e. The minimum Gasteiger partial charge on any atom is -0.493 e. The Labute approximate surface area is 207 Å². The van der Waals surface area contributed by atoms with Crippen LogP contribution in [-0.4, -0.2) is 41.7 Å². The Morgan fingerprint density at radius 3 is 2.64 bits per heavy atom. The zero-order chi connectivity index (χ0) is 24.1. The van der Waals surface area contributed by atoms with Crippen molar-refractivity contribution in [2.75, 3.05) is 13.7 Å². The fraction of sp³-hybridized carbons (Fsp3) is 0.304. The first kappa shape index (κ1) is 24.9. The molecule has 0 saturated carbocycles. The maximum atomic E-state index is 13.1. The van der Waals surface area contributed by atoms with Crippen molar-refractivity contribution in [3.63, 3.8) is 0 Å². The summed E-state index contributed by atoms with van der Waals surface area (Å²) in [5.41, 5.74) is 0.999. The highest BCUT2D eigenvalue weighted by molar-refractivity contribution is 9.10. The highest BCUT2D eigenvalue weighted by Crippen LogP contribution is 2.33. The highest BCUT2D eigenvalue weighted by Gasteiger charge is 2.19. The van der Waals surface area contributed by atoms with Crippen molar-refractivity contribution in [1.82, 2.24) is 9.66 Å². The van der Waals surface area contributed by atoms with Crippen LogP contribution in [0.1, 0.15) is 32.2 Å². The molecule has 3 rings (SSSR count). The van der Waals surface area contributed by atoms with Gasteiger partial charge >= 0.3 is 5.97 Å². The summed E-state index contributed by atoms with van der Waals surface area (Å²) in [5, 5.41) is 4.87. The molecule has 0 aliphatic rings. The molecule has 0 bridgehead atoms. The summed E-state index contributed by atoms with van der Waals surface area (Å²) in [6.07, 6.45) is 1.26. The van der Waals surface area contributed by atoms with Gasteiger partial charge in [-0.25, -0.2) is 9.78 Å². The second-order valence-corrected chi connectivity index (χ2v) is 8.71. The molecule has 0 spiro atoms. The molecular weight excluding hydrogens is 558 g/mol. The number of benzene rings is 2. The number of fused-ring (bicyclic) bond motifs is 1. The fourth-order valence-electron chi connectivity index (χ4n) is 3.06. The Morgan fingerprint density at radius 1 is 1.21 bits per heavy atom. The van der Waals surface area contributed by atoms with Gasteiger partial charge in [-0.15, -0.1) is 0 Å². The molecule has 8 nitrogen and oxygen atoms in total. The van der Waals surface area contributed by atoms with Crippen LogP contribution in [0, 0.1) is 0 Å². The zero-order valence-electron chi connectivity index (χ0n) is 18.6. The van der Waals surface area contributed by atoms with E-state index in [2.05, 4.69) is 41.9 Å². The van der Waals surface area contributed by atoms with Gasteiger partial charge in [0.15, 0.2) is 17.6 Å². The van der Waals surface area contributed by atoms with Crippen molar-refractivity contribution < 1.29 is 19.0 Å². The van der Waals surface area contributed by atoms with Gasteiger partial charge in [-0.1, -0.05) is 22.9 Å². The summed E-state index contributed by atoms with van der Waals surface area (Å²) < 4.78 is 18.8. The van der Waals surface area contributed by atoms with E-state index in [0.717, 1.165) is 4.47 Å². The van der Waals surface area contributed by atoms with Crippen LogP contribution in [0.5, 0.6) is 11.5 Å². The van der Waals surface area contributed by atoms with Crippen LogP contribution >= 0.6 is 31.9 Å². The molecule has 33 heavy (non-hydrogen) atoms. The number of nitrogens with zero attached hydrogens (tertiary/aromatic N) is 3. The average molecular weight is 581 g/mol. The number of halogens is 2. The topological polar surface area (TPSA) is 92.0 Å². The van der Waals surface area contributed by atoms with Gasteiger partial charge in [0.2, 0.25) is 0 Å². The number of esters is 1. The van der Waals surface area contributed by atoms with Crippen LogP contribution in [0.25, 0.3) is 10.9 Å². The quantitative estimate of drug-likeness (QED) is 0.283. The van der Waals surface area contributed by atoms with Crippen LogP contribution in [0.3, 0.4) is 0 Å². The van der Waals surface area contributed by atoms with E-state index in [-0.39, 0.29) is 12.2 Å². The molecule has 0 fully saturated rings. The Morgan fingerprint density at radius 2 is 1.97 bits per heavy atom. The number of aryl methyl sites for hydroxylation is 1. The highest BCUT2D eigenvalue weighted by atomic mass is 79.9. The standard InChI is InChI=1S/C23H23Br2N3O5/c1-5-21-27-18-8-7-15(24)10-16(18)22(29)28(21)26-12-14-9-19(31-4)20(11-17(14)25)33-13(3)23(30)32-6-2/h7-13H,5-6H2,1-4H3/t13-/m0/s1. The SMILES string of the molecule is CCOC(=O)[C@H](C)Oc1cc(Br)c(C=Nn2c(CC)nc3ccc(Br)cc3c2=O)cc1OC. The minimum atomic E-state index is -0.807. The maximum Gasteiger partial charge on any atom is 0.347 e. The maximum absolute atomic E-state index is 13.1. The van der Waals surface area contributed by atoms with Crippen LogP contribution in [0.4, 0.5) is 0 Å². The molecule has 1 atom stereocenters. The van der Waals surface area contributed by atoms with Gasteiger partial charge in [0.1, 0.15) is 5.82 Å². The molecule has 0 aliphatic heterocycles. The summed E-state index contributed by atoms with van der Waals surface area (Å²) >= 11 is 6.89. The van der Waals surface area contributed by atoms with E-state index in [4.69, 9.17) is 14.2 Å². The van der Waals surface area contributed by atoms with Gasteiger partial charge in [0.25, 0.3) is 5.56 Å². The number of methoxy groups -OCH3 is 1. The van der Waals surface area contributed by atoms with Crippen molar-refractivity contribution in [1.29, 1.82) is 0 Å². The molecule has 0 saturated heterocycles. The summed E-state index contributed by atoms with van der Waals surface area (Å²) in [6, 6.07) is 8.74. The summed E-state index contributed by atoms with van der Waals surface area (Å²) in [6.45, 7) is 5.51. The van der Waals surface area contributed by atoms with Gasteiger partial charge in [-0.05, 0) is 60.1 Å². The molecule has 0 aliphatic carbocycles. The number of hydrogen-bond donors (Lipinski definition) is 0. The molecule has 0 amide bonds. The number of carbonyl (C=O) groups excluding carboxylic acids is 1. The Bertz CT molecular complexity index is 1270. The monoisotopic (exact) mass is 579 g/mol.